The molecule has 4 nitrogen and oxygen atoms in total. The Morgan fingerprint density at radius 3 is 2.21 bits per heavy atom. The summed E-state index contributed by atoms with van der Waals surface area (Å²) in [6, 6.07) is 17.9. The molecule has 0 atom stereocenters. The van der Waals surface area contributed by atoms with Gasteiger partial charge in [-0.15, -0.1) is 0 Å². The third-order valence-electron chi connectivity index (χ3n) is 4.28. The first kappa shape index (κ1) is 16.4. The number of benzene rings is 2. The van der Waals surface area contributed by atoms with E-state index in [1.54, 1.807) is 0 Å². The van der Waals surface area contributed by atoms with E-state index in [0.717, 1.165) is 54.0 Å². The third-order valence-corrected chi connectivity index (χ3v) is 4.91. The van der Waals surface area contributed by atoms with Crippen molar-refractivity contribution in [2.45, 2.75) is 6.42 Å². The van der Waals surface area contributed by atoms with Crippen molar-refractivity contribution in [1.82, 2.24) is 0 Å². The van der Waals surface area contributed by atoms with E-state index in [2.05, 4.69) is 37.9 Å². The van der Waals surface area contributed by atoms with Gasteiger partial charge in [-0.05, 0) is 52.7 Å². The van der Waals surface area contributed by atoms with Crippen LogP contribution in [0.1, 0.15) is 17.5 Å². The lowest BCUT2D eigenvalue weighted by Gasteiger charge is -2.26. The molecule has 0 saturated carbocycles. The molecule has 1 saturated heterocycles. The molecule has 5 heteroatoms. The van der Waals surface area contributed by atoms with E-state index in [9.17, 15) is 5.26 Å². The fourth-order valence-corrected chi connectivity index (χ4v) is 3.71. The molecule has 120 valence electrons. The second-order valence-electron chi connectivity index (χ2n) is 5.73. The zero-order chi connectivity index (χ0) is 16.9. The third kappa shape index (κ3) is 3.37. The van der Waals surface area contributed by atoms with Gasteiger partial charge in [0.1, 0.15) is 6.07 Å². The average Bonchev–Trinajstić information content (AvgIpc) is 2.87. The maximum absolute atomic E-state index is 9.32. The summed E-state index contributed by atoms with van der Waals surface area (Å²) in [6.07, 6.45) is 1.02. The molecule has 0 radical (unpaired) electrons. The van der Waals surface area contributed by atoms with E-state index in [4.69, 9.17) is 5.26 Å². The van der Waals surface area contributed by atoms with Crippen LogP contribution in [0, 0.1) is 22.7 Å². The summed E-state index contributed by atoms with van der Waals surface area (Å²) in [4.78, 5) is 4.62. The highest BCUT2D eigenvalue weighted by molar-refractivity contribution is 9.10. The number of para-hydroxylation sites is 1. The van der Waals surface area contributed by atoms with Crippen LogP contribution >= 0.6 is 15.9 Å². The summed E-state index contributed by atoms with van der Waals surface area (Å²) in [5, 5.41) is 18.3. The highest BCUT2D eigenvalue weighted by Crippen LogP contribution is 2.29. The lowest BCUT2D eigenvalue weighted by atomic mass is 10.1. The monoisotopic (exact) mass is 380 g/mol. The van der Waals surface area contributed by atoms with E-state index >= 15 is 0 Å². The van der Waals surface area contributed by atoms with Crippen molar-refractivity contribution in [3.63, 3.8) is 0 Å². The number of hydrogen-bond acceptors (Lipinski definition) is 4. The fourth-order valence-electron chi connectivity index (χ4n) is 3.08. The SMILES string of the molecule is N#Cc1ccc(N2CCCN(c3ccccc3C#N)CC2)c(Br)c1. The predicted molar refractivity (Wildman–Crippen MR) is 99.1 cm³/mol. The lowest BCUT2D eigenvalue weighted by Crippen LogP contribution is -2.31. The summed E-state index contributed by atoms with van der Waals surface area (Å²) in [5.74, 6) is 0. The van der Waals surface area contributed by atoms with Gasteiger partial charge < -0.3 is 9.80 Å². The molecule has 0 aromatic heterocycles. The number of anilines is 2. The standard InChI is InChI=1S/C19H17BrN4/c20-17-12-15(13-21)6-7-19(17)24-9-3-8-23(10-11-24)18-5-2-1-4-16(18)14-22/h1-2,4-7,12H,3,8-11H2. The van der Waals surface area contributed by atoms with Crippen molar-refractivity contribution >= 4 is 27.3 Å². The molecule has 2 aromatic rings. The van der Waals surface area contributed by atoms with E-state index in [1.165, 1.54) is 0 Å². The van der Waals surface area contributed by atoms with Crippen LogP contribution in [-0.4, -0.2) is 26.2 Å². The first-order valence-electron chi connectivity index (χ1n) is 7.91. The van der Waals surface area contributed by atoms with Gasteiger partial charge in [0, 0.05) is 30.7 Å². The Hall–Kier alpha value is -2.50. The van der Waals surface area contributed by atoms with Crippen LogP contribution < -0.4 is 9.80 Å². The van der Waals surface area contributed by atoms with Gasteiger partial charge in [0.2, 0.25) is 0 Å². The second-order valence-corrected chi connectivity index (χ2v) is 6.59. The summed E-state index contributed by atoms with van der Waals surface area (Å²) >= 11 is 3.58. The highest BCUT2D eigenvalue weighted by Gasteiger charge is 2.18. The van der Waals surface area contributed by atoms with Crippen LogP contribution in [0.25, 0.3) is 0 Å². The Morgan fingerprint density at radius 2 is 1.54 bits per heavy atom. The van der Waals surface area contributed by atoms with Crippen molar-refractivity contribution in [3.8, 4) is 12.1 Å². The minimum atomic E-state index is 0.657. The minimum absolute atomic E-state index is 0.657. The van der Waals surface area contributed by atoms with E-state index in [-0.39, 0.29) is 0 Å². The maximum Gasteiger partial charge on any atom is 0.101 e. The van der Waals surface area contributed by atoms with Crippen molar-refractivity contribution in [2.75, 3.05) is 36.0 Å². The molecule has 24 heavy (non-hydrogen) atoms. The molecule has 0 aliphatic carbocycles. The normalized spacial score (nSPS) is 14.6. The molecule has 2 aromatic carbocycles. The van der Waals surface area contributed by atoms with Crippen molar-refractivity contribution < 1.29 is 0 Å². The van der Waals surface area contributed by atoms with E-state index < -0.39 is 0 Å². The molecule has 0 bridgehead atoms. The van der Waals surface area contributed by atoms with Gasteiger partial charge >= 0.3 is 0 Å². The number of halogens is 1. The van der Waals surface area contributed by atoms with E-state index in [1.807, 2.05) is 42.5 Å². The molecular formula is C19H17BrN4. The van der Waals surface area contributed by atoms with E-state index in [0.29, 0.717) is 5.56 Å². The summed E-state index contributed by atoms with van der Waals surface area (Å²) in [7, 11) is 0. The number of nitrogens with zero attached hydrogens (tertiary/aromatic N) is 4. The Bertz CT molecular complexity index is 819. The smallest absolute Gasteiger partial charge is 0.101 e. The van der Waals surface area contributed by atoms with Gasteiger partial charge in [-0.3, -0.25) is 0 Å². The molecular weight excluding hydrogens is 364 g/mol. The van der Waals surface area contributed by atoms with Gasteiger partial charge in [-0.1, -0.05) is 12.1 Å². The van der Waals surface area contributed by atoms with Gasteiger partial charge in [-0.25, -0.2) is 0 Å². The highest BCUT2D eigenvalue weighted by atomic mass is 79.9. The van der Waals surface area contributed by atoms with Gasteiger partial charge in [0.15, 0.2) is 0 Å². The molecule has 1 fully saturated rings. The van der Waals surface area contributed by atoms with Crippen molar-refractivity contribution in [1.29, 1.82) is 10.5 Å². The van der Waals surface area contributed by atoms with Gasteiger partial charge in [0.25, 0.3) is 0 Å². The quantitative estimate of drug-likeness (QED) is 0.792. The molecule has 1 heterocycles. The number of rotatable bonds is 2. The molecule has 0 amide bonds. The lowest BCUT2D eigenvalue weighted by molar-refractivity contribution is 0.805. The first-order chi connectivity index (χ1) is 11.7. The number of hydrogen-bond donors (Lipinski definition) is 0. The van der Waals surface area contributed by atoms with Crippen LogP contribution in [0.5, 0.6) is 0 Å². The maximum atomic E-state index is 9.32. The zero-order valence-electron chi connectivity index (χ0n) is 13.2. The Labute approximate surface area is 150 Å². The largest absolute Gasteiger partial charge is 0.369 e. The van der Waals surface area contributed by atoms with Crippen LogP contribution in [0.15, 0.2) is 46.9 Å². The van der Waals surface area contributed by atoms with Gasteiger partial charge in [0.05, 0.1) is 28.6 Å². The van der Waals surface area contributed by atoms with Crippen molar-refractivity contribution in [2.24, 2.45) is 0 Å². The van der Waals surface area contributed by atoms with Crippen LogP contribution in [0.4, 0.5) is 11.4 Å². The molecule has 1 aliphatic heterocycles. The summed E-state index contributed by atoms with van der Waals surface area (Å²) < 4.78 is 0.951. The van der Waals surface area contributed by atoms with Crippen molar-refractivity contribution in [3.05, 3.63) is 58.1 Å². The van der Waals surface area contributed by atoms with Crippen LogP contribution in [0.2, 0.25) is 0 Å². The molecule has 0 unspecified atom stereocenters. The average molecular weight is 381 g/mol. The van der Waals surface area contributed by atoms with Crippen LogP contribution in [-0.2, 0) is 0 Å². The zero-order valence-corrected chi connectivity index (χ0v) is 14.8. The second kappa shape index (κ2) is 7.38. The molecule has 0 N–H and O–H groups in total. The first-order valence-corrected chi connectivity index (χ1v) is 8.71. The minimum Gasteiger partial charge on any atom is -0.369 e. The summed E-state index contributed by atoms with van der Waals surface area (Å²) in [6.45, 7) is 3.63. The Balaban J connectivity index is 1.79. The van der Waals surface area contributed by atoms with Crippen LogP contribution in [0.3, 0.4) is 0 Å². The predicted octanol–water partition coefficient (Wildman–Crippen LogP) is 3.91. The van der Waals surface area contributed by atoms with Gasteiger partial charge in [-0.2, -0.15) is 10.5 Å². The Kier molecular flexibility index (Phi) is 5.03. The molecule has 1 aliphatic rings. The molecule has 3 rings (SSSR count). The topological polar surface area (TPSA) is 54.1 Å². The molecule has 0 spiro atoms. The Morgan fingerprint density at radius 1 is 0.833 bits per heavy atom. The summed E-state index contributed by atoms with van der Waals surface area (Å²) in [5.41, 5.74) is 3.51. The number of nitriles is 2. The fraction of sp³-hybridized carbons (Fsp3) is 0.263.